The van der Waals surface area contributed by atoms with Crippen LogP contribution in [0.2, 0.25) is 0 Å². The molecule has 0 bridgehead atoms. The number of likely N-dealkylation sites (N-methyl/N-ethyl adjacent to an activating group) is 1. The van der Waals surface area contributed by atoms with Crippen molar-refractivity contribution >= 4 is 21.6 Å². The second-order valence-corrected chi connectivity index (χ2v) is 7.43. The Morgan fingerprint density at radius 1 is 1.59 bits per heavy atom. The fourth-order valence-corrected chi connectivity index (χ4v) is 5.10. The minimum absolute atomic E-state index is 0.0827. The second-order valence-electron chi connectivity index (χ2n) is 3.93. The summed E-state index contributed by atoms with van der Waals surface area (Å²) in [6.07, 6.45) is 0.686. The molecule has 0 radical (unpaired) electrons. The fraction of sp³-hybridized carbons (Fsp3) is 0.875. The molecule has 1 unspecified atom stereocenters. The van der Waals surface area contributed by atoms with Crippen LogP contribution < -0.4 is 5.32 Å². The van der Waals surface area contributed by atoms with Crippen LogP contribution in [0.3, 0.4) is 0 Å². The van der Waals surface area contributed by atoms with E-state index in [9.17, 15) is 8.42 Å². The molecule has 17 heavy (non-hydrogen) atoms. The van der Waals surface area contributed by atoms with Gasteiger partial charge in [-0.05, 0) is 23.9 Å². The van der Waals surface area contributed by atoms with Gasteiger partial charge < -0.3 is 5.32 Å². The summed E-state index contributed by atoms with van der Waals surface area (Å²) in [6.45, 7) is 1.47. The Balaban J connectivity index is 1.97. The van der Waals surface area contributed by atoms with E-state index in [1.54, 1.807) is 4.68 Å². The van der Waals surface area contributed by atoms with Crippen molar-refractivity contribution in [2.75, 3.05) is 25.1 Å². The molecule has 1 fully saturated rings. The van der Waals surface area contributed by atoms with Crippen LogP contribution in [0, 0.1) is 0 Å². The summed E-state index contributed by atoms with van der Waals surface area (Å²) in [7, 11) is -0.978. The maximum atomic E-state index is 11.3. The van der Waals surface area contributed by atoms with Gasteiger partial charge in [0.25, 0.3) is 0 Å². The van der Waals surface area contributed by atoms with Crippen LogP contribution in [0.15, 0.2) is 5.16 Å². The zero-order valence-corrected chi connectivity index (χ0v) is 11.2. The summed E-state index contributed by atoms with van der Waals surface area (Å²) >= 11 is 1.46. The van der Waals surface area contributed by atoms with Crippen molar-refractivity contribution in [2.45, 2.75) is 23.4 Å². The Kier molecular flexibility index (Phi) is 4.00. The van der Waals surface area contributed by atoms with Gasteiger partial charge in [0.1, 0.15) is 0 Å². The van der Waals surface area contributed by atoms with Gasteiger partial charge in [-0.15, -0.1) is 5.10 Å². The topological polar surface area (TPSA) is 89.8 Å². The molecule has 0 aliphatic carbocycles. The van der Waals surface area contributed by atoms with Gasteiger partial charge >= 0.3 is 0 Å². The highest BCUT2D eigenvalue weighted by atomic mass is 32.2. The molecule has 0 aromatic carbocycles. The van der Waals surface area contributed by atoms with Crippen molar-refractivity contribution in [3.05, 3.63) is 0 Å². The van der Waals surface area contributed by atoms with Gasteiger partial charge in [0, 0.05) is 11.8 Å². The lowest BCUT2D eigenvalue weighted by atomic mass is 10.4. The zero-order valence-electron chi connectivity index (χ0n) is 9.53. The molecule has 1 aromatic heterocycles. The normalized spacial score (nSPS) is 23.0. The van der Waals surface area contributed by atoms with Crippen molar-refractivity contribution in [3.8, 4) is 0 Å². The number of thioether (sulfide) groups is 1. The minimum Gasteiger partial charge on any atom is -0.318 e. The first-order chi connectivity index (χ1) is 8.11. The van der Waals surface area contributed by atoms with Gasteiger partial charge in [-0.25, -0.2) is 13.1 Å². The number of hydrogen-bond donors (Lipinski definition) is 1. The highest BCUT2D eigenvalue weighted by molar-refractivity contribution is 8.01. The van der Waals surface area contributed by atoms with E-state index in [2.05, 4.69) is 20.8 Å². The van der Waals surface area contributed by atoms with E-state index >= 15 is 0 Å². The SMILES string of the molecule is CNCCn1nnnc1SC1CCS(=O)(=O)C1. The third kappa shape index (κ3) is 3.39. The molecule has 9 heteroatoms. The molecule has 2 heterocycles. The average molecular weight is 277 g/mol. The second kappa shape index (κ2) is 5.32. The Morgan fingerprint density at radius 3 is 3.06 bits per heavy atom. The molecule has 1 aliphatic heterocycles. The van der Waals surface area contributed by atoms with Crippen molar-refractivity contribution in [1.82, 2.24) is 25.5 Å². The highest BCUT2D eigenvalue weighted by Crippen LogP contribution is 2.28. The van der Waals surface area contributed by atoms with Crippen LogP contribution in [0.25, 0.3) is 0 Å². The van der Waals surface area contributed by atoms with Gasteiger partial charge in [0.05, 0.1) is 18.1 Å². The Morgan fingerprint density at radius 2 is 2.41 bits per heavy atom. The fourth-order valence-electron chi connectivity index (χ4n) is 1.64. The molecule has 0 amide bonds. The molecule has 96 valence electrons. The van der Waals surface area contributed by atoms with E-state index in [-0.39, 0.29) is 16.8 Å². The van der Waals surface area contributed by atoms with E-state index in [1.165, 1.54) is 11.8 Å². The summed E-state index contributed by atoms with van der Waals surface area (Å²) in [4.78, 5) is 0. The number of aromatic nitrogens is 4. The van der Waals surface area contributed by atoms with Gasteiger partial charge in [-0.3, -0.25) is 0 Å². The molecule has 1 saturated heterocycles. The zero-order chi connectivity index (χ0) is 12.3. The lowest BCUT2D eigenvalue weighted by Crippen LogP contribution is -2.17. The molecular weight excluding hydrogens is 262 g/mol. The van der Waals surface area contributed by atoms with Crippen molar-refractivity contribution in [1.29, 1.82) is 0 Å². The number of hydrogen-bond acceptors (Lipinski definition) is 7. The lowest BCUT2D eigenvalue weighted by molar-refractivity contribution is 0.529. The largest absolute Gasteiger partial charge is 0.318 e. The Hall–Kier alpha value is -0.670. The molecule has 7 nitrogen and oxygen atoms in total. The third-order valence-electron chi connectivity index (χ3n) is 2.54. The summed E-state index contributed by atoms with van der Waals surface area (Å²) in [5.74, 6) is 0.513. The van der Waals surface area contributed by atoms with E-state index in [4.69, 9.17) is 0 Å². The smallest absolute Gasteiger partial charge is 0.209 e. The first-order valence-electron chi connectivity index (χ1n) is 5.38. The van der Waals surface area contributed by atoms with Crippen LogP contribution in [0.5, 0.6) is 0 Å². The number of rotatable bonds is 5. The van der Waals surface area contributed by atoms with E-state index < -0.39 is 9.84 Å². The van der Waals surface area contributed by atoms with Crippen LogP contribution in [0.4, 0.5) is 0 Å². The molecule has 2 rings (SSSR count). The monoisotopic (exact) mass is 277 g/mol. The Labute approximate surface area is 104 Å². The van der Waals surface area contributed by atoms with E-state index in [1.807, 2.05) is 7.05 Å². The molecule has 0 spiro atoms. The minimum atomic E-state index is -2.84. The number of nitrogens with zero attached hydrogens (tertiary/aromatic N) is 4. The van der Waals surface area contributed by atoms with Crippen molar-refractivity contribution in [2.24, 2.45) is 0 Å². The lowest BCUT2D eigenvalue weighted by Gasteiger charge is -2.07. The quantitative estimate of drug-likeness (QED) is 0.751. The molecule has 0 saturated carbocycles. The van der Waals surface area contributed by atoms with Crippen LogP contribution in [-0.4, -0.2) is 59.0 Å². The van der Waals surface area contributed by atoms with Crippen LogP contribution in [0.1, 0.15) is 6.42 Å². The summed E-state index contributed by atoms with van der Waals surface area (Å²) in [5.41, 5.74) is 0. The summed E-state index contributed by atoms with van der Waals surface area (Å²) in [5, 5.41) is 15.2. The first-order valence-corrected chi connectivity index (χ1v) is 8.09. The van der Waals surface area contributed by atoms with Gasteiger partial charge in [0.2, 0.25) is 5.16 Å². The van der Waals surface area contributed by atoms with Gasteiger partial charge in [-0.2, -0.15) is 0 Å². The predicted octanol–water partition coefficient (Wildman–Crippen LogP) is -0.828. The molecular formula is C8H15N5O2S2. The van der Waals surface area contributed by atoms with Crippen LogP contribution >= 0.6 is 11.8 Å². The first kappa shape index (κ1) is 12.8. The summed E-state index contributed by atoms with van der Waals surface area (Å²) in [6, 6.07) is 0. The van der Waals surface area contributed by atoms with E-state index in [0.717, 1.165) is 6.54 Å². The summed E-state index contributed by atoms with van der Waals surface area (Å²) < 4.78 is 24.4. The third-order valence-corrected chi connectivity index (χ3v) is 5.75. The maximum Gasteiger partial charge on any atom is 0.209 e. The number of sulfone groups is 1. The van der Waals surface area contributed by atoms with Crippen molar-refractivity contribution in [3.63, 3.8) is 0 Å². The van der Waals surface area contributed by atoms with Gasteiger partial charge in [-0.1, -0.05) is 11.8 Å². The molecule has 1 N–H and O–H groups in total. The standard InChI is InChI=1S/C8H15N5O2S2/c1-9-3-4-13-8(10-11-12-13)16-7-2-5-17(14,15)6-7/h7,9H,2-6H2,1H3. The maximum absolute atomic E-state index is 11.3. The highest BCUT2D eigenvalue weighted by Gasteiger charge is 2.29. The van der Waals surface area contributed by atoms with Gasteiger partial charge in [0.15, 0.2) is 9.84 Å². The number of nitrogens with one attached hydrogen (secondary N) is 1. The average Bonchev–Trinajstić information content (AvgIpc) is 2.83. The number of tetrazole rings is 1. The molecule has 1 aromatic rings. The Bertz CT molecular complexity index is 472. The van der Waals surface area contributed by atoms with Crippen molar-refractivity contribution < 1.29 is 8.42 Å². The van der Waals surface area contributed by atoms with Crippen LogP contribution in [-0.2, 0) is 16.4 Å². The molecule has 1 atom stereocenters. The van der Waals surface area contributed by atoms with E-state index in [0.29, 0.717) is 18.1 Å². The predicted molar refractivity (Wildman–Crippen MR) is 64.7 cm³/mol. The molecule has 1 aliphatic rings.